The van der Waals surface area contributed by atoms with E-state index in [9.17, 15) is 14.4 Å². The van der Waals surface area contributed by atoms with Crippen molar-refractivity contribution in [1.82, 2.24) is 10.6 Å². The van der Waals surface area contributed by atoms with Gasteiger partial charge in [0.05, 0.1) is 0 Å². The van der Waals surface area contributed by atoms with Crippen LogP contribution in [-0.4, -0.2) is 37.0 Å². The number of rotatable bonds is 6. The van der Waals surface area contributed by atoms with Gasteiger partial charge in [-0.25, -0.2) is 4.79 Å². The highest BCUT2D eigenvalue weighted by atomic mass is 16.5. The number of fused-ring (bicyclic) bond motifs is 1. The molecular formula is C17H20N2O5. The molecule has 128 valence electrons. The monoisotopic (exact) mass is 332 g/mol. The molecule has 0 aliphatic rings. The Kier molecular flexibility index (Phi) is 5.57. The van der Waals surface area contributed by atoms with Gasteiger partial charge in [-0.3, -0.25) is 9.59 Å². The summed E-state index contributed by atoms with van der Waals surface area (Å²) in [7, 11) is 0. The Hall–Kier alpha value is -2.83. The Morgan fingerprint density at radius 1 is 1.25 bits per heavy atom. The van der Waals surface area contributed by atoms with E-state index in [1.807, 2.05) is 12.1 Å². The quantitative estimate of drug-likeness (QED) is 0.782. The van der Waals surface area contributed by atoms with Gasteiger partial charge >= 0.3 is 5.97 Å². The summed E-state index contributed by atoms with van der Waals surface area (Å²) >= 11 is 0. The second-order valence-electron chi connectivity index (χ2n) is 5.31. The lowest BCUT2D eigenvalue weighted by Gasteiger charge is -2.13. The summed E-state index contributed by atoms with van der Waals surface area (Å²) in [5, 5.41) is 5.86. The highest BCUT2D eigenvalue weighted by Gasteiger charge is 2.21. The molecule has 1 atom stereocenters. The number of carbonyl (C=O) groups is 3. The standard InChI is InChI=1S/C17H20N2O5/c1-4-18-16(21)11(3)19-14(20)9-23-17(22)15-10(2)12-7-5-6-8-13(12)24-15/h5-8,11H,4,9H2,1-3H3,(H,18,21)(H,19,20)/t11-/m1/s1. The summed E-state index contributed by atoms with van der Waals surface area (Å²) < 4.78 is 10.4. The topological polar surface area (TPSA) is 97.6 Å². The molecule has 0 bridgehead atoms. The molecule has 0 unspecified atom stereocenters. The molecule has 1 heterocycles. The third-order valence-corrected chi connectivity index (χ3v) is 3.49. The first-order valence-corrected chi connectivity index (χ1v) is 7.66. The van der Waals surface area contributed by atoms with E-state index < -0.39 is 24.5 Å². The first-order chi connectivity index (χ1) is 11.4. The summed E-state index contributed by atoms with van der Waals surface area (Å²) in [5.41, 5.74) is 1.24. The molecule has 0 spiro atoms. The van der Waals surface area contributed by atoms with Crippen molar-refractivity contribution in [3.63, 3.8) is 0 Å². The van der Waals surface area contributed by atoms with Gasteiger partial charge in [-0.15, -0.1) is 0 Å². The van der Waals surface area contributed by atoms with Gasteiger partial charge in [0.2, 0.25) is 11.7 Å². The number of benzene rings is 1. The van der Waals surface area contributed by atoms with Crippen LogP contribution in [0.15, 0.2) is 28.7 Å². The number of para-hydroxylation sites is 1. The number of hydrogen-bond acceptors (Lipinski definition) is 5. The largest absolute Gasteiger partial charge is 0.450 e. The molecule has 0 saturated carbocycles. The Bertz CT molecular complexity index is 765. The normalized spacial score (nSPS) is 11.8. The number of nitrogens with one attached hydrogen (secondary N) is 2. The molecule has 2 rings (SSSR count). The summed E-state index contributed by atoms with van der Waals surface area (Å²) in [6, 6.07) is 6.53. The van der Waals surface area contributed by atoms with Crippen LogP contribution in [0.4, 0.5) is 0 Å². The van der Waals surface area contributed by atoms with Crippen molar-refractivity contribution in [1.29, 1.82) is 0 Å². The van der Waals surface area contributed by atoms with E-state index in [-0.39, 0.29) is 11.7 Å². The molecule has 0 aliphatic carbocycles. The average molecular weight is 332 g/mol. The van der Waals surface area contributed by atoms with Crippen molar-refractivity contribution in [2.24, 2.45) is 0 Å². The highest BCUT2D eigenvalue weighted by molar-refractivity contribution is 5.97. The lowest BCUT2D eigenvalue weighted by atomic mass is 10.1. The second-order valence-corrected chi connectivity index (χ2v) is 5.31. The van der Waals surface area contributed by atoms with Gasteiger partial charge in [-0.05, 0) is 26.8 Å². The number of amides is 2. The van der Waals surface area contributed by atoms with E-state index in [0.29, 0.717) is 17.7 Å². The van der Waals surface area contributed by atoms with E-state index in [1.165, 1.54) is 0 Å². The van der Waals surface area contributed by atoms with Gasteiger partial charge in [0.1, 0.15) is 11.6 Å². The Balaban J connectivity index is 1.93. The van der Waals surface area contributed by atoms with Gasteiger partial charge in [-0.1, -0.05) is 18.2 Å². The smallest absolute Gasteiger partial charge is 0.375 e. The predicted octanol–water partition coefficient (Wildman–Crippen LogP) is 1.54. The lowest BCUT2D eigenvalue weighted by molar-refractivity contribution is -0.130. The zero-order valence-corrected chi connectivity index (χ0v) is 13.8. The summed E-state index contributed by atoms with van der Waals surface area (Å²) in [4.78, 5) is 35.4. The minimum absolute atomic E-state index is 0.0702. The Labute approximate surface area is 139 Å². The van der Waals surface area contributed by atoms with Gasteiger partial charge in [0, 0.05) is 17.5 Å². The molecule has 7 nitrogen and oxygen atoms in total. The van der Waals surface area contributed by atoms with Crippen LogP contribution in [0.3, 0.4) is 0 Å². The van der Waals surface area contributed by atoms with E-state index in [4.69, 9.17) is 9.15 Å². The molecule has 2 N–H and O–H groups in total. The third-order valence-electron chi connectivity index (χ3n) is 3.49. The molecule has 1 aromatic carbocycles. The molecule has 0 fully saturated rings. The van der Waals surface area contributed by atoms with Crippen LogP contribution in [0.1, 0.15) is 30.0 Å². The van der Waals surface area contributed by atoms with Crippen LogP contribution in [0.2, 0.25) is 0 Å². The number of aryl methyl sites for hydroxylation is 1. The van der Waals surface area contributed by atoms with E-state index in [2.05, 4.69) is 10.6 Å². The molecular weight excluding hydrogens is 312 g/mol. The fourth-order valence-electron chi connectivity index (χ4n) is 2.24. The predicted molar refractivity (Wildman–Crippen MR) is 87.5 cm³/mol. The van der Waals surface area contributed by atoms with E-state index in [0.717, 1.165) is 5.39 Å². The van der Waals surface area contributed by atoms with Crippen molar-refractivity contribution in [2.45, 2.75) is 26.8 Å². The SMILES string of the molecule is CCNC(=O)[C@@H](C)NC(=O)COC(=O)c1oc2ccccc2c1C. The molecule has 7 heteroatoms. The third kappa shape index (κ3) is 3.92. The first-order valence-electron chi connectivity index (χ1n) is 7.66. The van der Waals surface area contributed by atoms with Crippen molar-refractivity contribution in [3.8, 4) is 0 Å². The highest BCUT2D eigenvalue weighted by Crippen LogP contribution is 2.25. The minimum atomic E-state index is -0.718. The number of furan rings is 1. The minimum Gasteiger partial charge on any atom is -0.450 e. The fourth-order valence-corrected chi connectivity index (χ4v) is 2.24. The molecule has 0 aliphatic heterocycles. The second kappa shape index (κ2) is 7.63. The molecule has 2 aromatic rings. The van der Waals surface area contributed by atoms with Crippen LogP contribution < -0.4 is 10.6 Å². The molecule has 0 saturated heterocycles. The summed E-state index contributed by atoms with van der Waals surface area (Å²) in [6.45, 7) is 5.07. The maximum Gasteiger partial charge on any atom is 0.375 e. The maximum atomic E-state index is 12.1. The fraction of sp³-hybridized carbons (Fsp3) is 0.353. The van der Waals surface area contributed by atoms with E-state index in [1.54, 1.807) is 32.9 Å². The van der Waals surface area contributed by atoms with Crippen molar-refractivity contribution in [3.05, 3.63) is 35.6 Å². The van der Waals surface area contributed by atoms with E-state index >= 15 is 0 Å². The van der Waals surface area contributed by atoms with Gasteiger partial charge < -0.3 is 19.8 Å². The Morgan fingerprint density at radius 2 is 1.96 bits per heavy atom. The number of esters is 1. The van der Waals surface area contributed by atoms with Gasteiger partial charge in [0.15, 0.2) is 6.61 Å². The molecule has 1 aromatic heterocycles. The first kappa shape index (κ1) is 17.5. The van der Waals surface area contributed by atoms with Crippen LogP contribution in [0.25, 0.3) is 11.0 Å². The Morgan fingerprint density at radius 3 is 2.62 bits per heavy atom. The molecule has 24 heavy (non-hydrogen) atoms. The van der Waals surface area contributed by atoms with Crippen LogP contribution >= 0.6 is 0 Å². The summed E-state index contributed by atoms with van der Waals surface area (Å²) in [6.07, 6.45) is 0. The van der Waals surface area contributed by atoms with Crippen LogP contribution in [0.5, 0.6) is 0 Å². The average Bonchev–Trinajstić information content (AvgIpc) is 2.90. The lowest BCUT2D eigenvalue weighted by Crippen LogP contribution is -2.46. The number of ether oxygens (including phenoxy) is 1. The number of hydrogen-bond donors (Lipinski definition) is 2. The van der Waals surface area contributed by atoms with Crippen molar-refractivity contribution >= 4 is 28.8 Å². The molecule has 0 radical (unpaired) electrons. The number of likely N-dealkylation sites (N-methyl/N-ethyl adjacent to an activating group) is 1. The van der Waals surface area contributed by atoms with Crippen LogP contribution in [-0.2, 0) is 14.3 Å². The zero-order valence-electron chi connectivity index (χ0n) is 13.8. The van der Waals surface area contributed by atoms with Crippen LogP contribution in [0, 0.1) is 6.92 Å². The van der Waals surface area contributed by atoms with Crippen molar-refractivity contribution < 1.29 is 23.5 Å². The zero-order chi connectivity index (χ0) is 17.7. The van der Waals surface area contributed by atoms with Gasteiger partial charge in [0.25, 0.3) is 5.91 Å². The van der Waals surface area contributed by atoms with Crippen molar-refractivity contribution in [2.75, 3.05) is 13.2 Å². The number of carbonyl (C=O) groups excluding carboxylic acids is 3. The van der Waals surface area contributed by atoms with Gasteiger partial charge in [-0.2, -0.15) is 0 Å². The molecule has 2 amide bonds. The maximum absolute atomic E-state index is 12.1. The summed E-state index contributed by atoms with van der Waals surface area (Å²) in [5.74, 6) is -1.51.